The molecule has 51 heavy (non-hydrogen) atoms. The molecule has 1 aliphatic heterocycles. The van der Waals surface area contributed by atoms with Crippen LogP contribution >= 0.6 is 11.8 Å². The van der Waals surface area contributed by atoms with Crippen molar-refractivity contribution in [3.05, 3.63) is 107 Å². The summed E-state index contributed by atoms with van der Waals surface area (Å²) in [6.45, 7) is 6.19. The van der Waals surface area contributed by atoms with Crippen LogP contribution in [0.25, 0.3) is 11.0 Å². The molecule has 4 aromatic carbocycles. The number of ether oxygens (including phenoxy) is 2. The standard InChI is InChI=1S/C37H34F3N5O5S/c1-36(2,3)27-15-13-25(18-29(27)43-34(47)41-23-9-7-22(8-10-23)37(38,39)40)50-26-14-16-28-30(19-26)45(4)32(42-28)20-49-24-11-5-21(6-12-24)17-31-33(46)44-35(48)51-31/h5-16,18-19,31H,17,20H2,1-4H3,(H2,41,43,47)(H,44,46,48). The first-order valence-corrected chi connectivity index (χ1v) is 16.8. The Morgan fingerprint density at radius 2 is 1.57 bits per heavy atom. The number of imide groups is 1. The third-order valence-corrected chi connectivity index (χ3v) is 9.16. The Bertz CT molecular complexity index is 2110. The average molecular weight is 718 g/mol. The van der Waals surface area contributed by atoms with Crippen LogP contribution in [0, 0.1) is 0 Å². The Morgan fingerprint density at radius 1 is 0.902 bits per heavy atom. The van der Waals surface area contributed by atoms with Crippen LogP contribution in [0.2, 0.25) is 0 Å². The summed E-state index contributed by atoms with van der Waals surface area (Å²) in [4.78, 5) is 40.9. The van der Waals surface area contributed by atoms with E-state index in [9.17, 15) is 27.6 Å². The topological polar surface area (TPSA) is 124 Å². The maximum absolute atomic E-state index is 12.9. The number of aromatic nitrogens is 2. The van der Waals surface area contributed by atoms with Gasteiger partial charge in [-0.25, -0.2) is 9.78 Å². The van der Waals surface area contributed by atoms with E-state index >= 15 is 0 Å². The summed E-state index contributed by atoms with van der Waals surface area (Å²) in [6.07, 6.45) is -4.03. The number of halogens is 3. The molecule has 264 valence electrons. The number of carbonyl (C=O) groups excluding carboxylic acids is 3. The minimum absolute atomic E-state index is 0.202. The van der Waals surface area contributed by atoms with Gasteiger partial charge < -0.3 is 24.7 Å². The number of hydrogen-bond acceptors (Lipinski definition) is 7. The van der Waals surface area contributed by atoms with E-state index in [-0.39, 0.29) is 28.9 Å². The number of benzene rings is 4. The molecule has 1 fully saturated rings. The smallest absolute Gasteiger partial charge is 0.416 e. The molecular formula is C37H34F3N5O5S. The van der Waals surface area contributed by atoms with Gasteiger partial charge in [0.2, 0.25) is 5.91 Å². The zero-order valence-electron chi connectivity index (χ0n) is 28.1. The zero-order chi connectivity index (χ0) is 36.5. The number of rotatable bonds is 9. The van der Waals surface area contributed by atoms with Crippen LogP contribution in [-0.2, 0) is 36.5 Å². The fourth-order valence-corrected chi connectivity index (χ4v) is 6.39. The largest absolute Gasteiger partial charge is 0.486 e. The summed E-state index contributed by atoms with van der Waals surface area (Å²) in [5.41, 5.74) is 2.83. The minimum Gasteiger partial charge on any atom is -0.486 e. The van der Waals surface area contributed by atoms with Gasteiger partial charge in [-0.15, -0.1) is 0 Å². The van der Waals surface area contributed by atoms with E-state index in [0.717, 1.165) is 46.1 Å². The molecule has 2 heterocycles. The predicted molar refractivity (Wildman–Crippen MR) is 189 cm³/mol. The molecule has 14 heteroatoms. The molecule has 0 bridgehead atoms. The molecule has 3 N–H and O–H groups in total. The van der Waals surface area contributed by atoms with Gasteiger partial charge >= 0.3 is 12.2 Å². The van der Waals surface area contributed by atoms with Crippen molar-refractivity contribution in [3.63, 3.8) is 0 Å². The highest BCUT2D eigenvalue weighted by Crippen LogP contribution is 2.35. The Morgan fingerprint density at radius 3 is 2.22 bits per heavy atom. The van der Waals surface area contributed by atoms with Crippen molar-refractivity contribution in [1.29, 1.82) is 0 Å². The fraction of sp³-hybridized carbons (Fsp3) is 0.243. The molecule has 1 aromatic heterocycles. The Labute approximate surface area is 295 Å². The van der Waals surface area contributed by atoms with Gasteiger partial charge in [0.25, 0.3) is 5.24 Å². The third kappa shape index (κ3) is 8.46. The lowest BCUT2D eigenvalue weighted by Gasteiger charge is -2.24. The highest BCUT2D eigenvalue weighted by atomic mass is 32.2. The second kappa shape index (κ2) is 14.0. The van der Waals surface area contributed by atoms with Gasteiger partial charge in [-0.3, -0.25) is 14.9 Å². The molecule has 0 spiro atoms. The van der Waals surface area contributed by atoms with Gasteiger partial charge in [0.15, 0.2) is 0 Å². The van der Waals surface area contributed by atoms with Crippen LogP contribution in [0.3, 0.4) is 0 Å². The van der Waals surface area contributed by atoms with Crippen molar-refractivity contribution in [1.82, 2.24) is 14.9 Å². The number of urea groups is 1. The van der Waals surface area contributed by atoms with Crippen molar-refractivity contribution in [2.75, 3.05) is 10.6 Å². The monoisotopic (exact) mass is 717 g/mol. The molecule has 1 saturated heterocycles. The highest BCUT2D eigenvalue weighted by Gasteiger charge is 2.32. The summed E-state index contributed by atoms with van der Waals surface area (Å²) < 4.78 is 52.9. The minimum atomic E-state index is -4.47. The fourth-order valence-electron chi connectivity index (χ4n) is 5.53. The van der Waals surface area contributed by atoms with Crippen molar-refractivity contribution in [2.45, 2.75) is 50.6 Å². The maximum atomic E-state index is 12.9. The van der Waals surface area contributed by atoms with Gasteiger partial charge in [-0.1, -0.05) is 50.7 Å². The van der Waals surface area contributed by atoms with Crippen LogP contribution in [0.1, 0.15) is 43.3 Å². The van der Waals surface area contributed by atoms with Crippen LogP contribution in [0.15, 0.2) is 84.9 Å². The average Bonchev–Trinajstić information content (AvgIpc) is 3.55. The molecule has 0 aliphatic carbocycles. The van der Waals surface area contributed by atoms with Crippen LogP contribution in [0.4, 0.5) is 34.1 Å². The Balaban J connectivity index is 1.12. The van der Waals surface area contributed by atoms with E-state index in [0.29, 0.717) is 35.2 Å². The van der Waals surface area contributed by atoms with Crippen LogP contribution in [-0.4, -0.2) is 32.0 Å². The van der Waals surface area contributed by atoms with Crippen molar-refractivity contribution < 1.29 is 37.0 Å². The summed E-state index contributed by atoms with van der Waals surface area (Å²) >= 11 is 0.997. The number of alkyl halides is 3. The van der Waals surface area contributed by atoms with E-state index in [1.54, 1.807) is 18.2 Å². The number of fused-ring (bicyclic) bond motifs is 1. The molecule has 1 atom stereocenters. The first-order valence-electron chi connectivity index (χ1n) is 15.9. The molecule has 5 aromatic rings. The van der Waals surface area contributed by atoms with Crippen LogP contribution < -0.4 is 25.4 Å². The molecular weight excluding hydrogens is 683 g/mol. The first kappa shape index (κ1) is 35.3. The van der Waals surface area contributed by atoms with E-state index in [1.165, 1.54) is 12.1 Å². The number of hydrogen-bond donors (Lipinski definition) is 3. The number of aryl methyl sites for hydroxylation is 1. The van der Waals surface area contributed by atoms with Crippen molar-refractivity contribution >= 4 is 51.3 Å². The first-order chi connectivity index (χ1) is 24.1. The van der Waals surface area contributed by atoms with Gasteiger partial charge in [-0.2, -0.15) is 13.2 Å². The van der Waals surface area contributed by atoms with Gasteiger partial charge in [0, 0.05) is 30.6 Å². The van der Waals surface area contributed by atoms with E-state index < -0.39 is 23.0 Å². The zero-order valence-corrected chi connectivity index (χ0v) is 28.9. The molecule has 0 saturated carbocycles. The van der Waals surface area contributed by atoms with Gasteiger partial charge in [-0.05, 0) is 77.6 Å². The Hall–Kier alpha value is -5.50. The van der Waals surface area contributed by atoms with Gasteiger partial charge in [0.05, 0.1) is 21.8 Å². The number of anilines is 2. The summed E-state index contributed by atoms with van der Waals surface area (Å²) in [6, 6.07) is 21.8. The third-order valence-electron chi connectivity index (χ3n) is 8.18. The van der Waals surface area contributed by atoms with E-state index in [1.807, 2.05) is 74.9 Å². The Kier molecular flexibility index (Phi) is 9.71. The lowest BCUT2D eigenvalue weighted by Crippen LogP contribution is -2.25. The lowest BCUT2D eigenvalue weighted by molar-refractivity contribution is -0.137. The number of amides is 4. The van der Waals surface area contributed by atoms with E-state index in [4.69, 9.17) is 14.5 Å². The molecule has 1 unspecified atom stereocenters. The quantitative estimate of drug-likeness (QED) is 0.139. The van der Waals surface area contributed by atoms with Crippen molar-refractivity contribution in [2.24, 2.45) is 7.05 Å². The maximum Gasteiger partial charge on any atom is 0.416 e. The van der Waals surface area contributed by atoms with E-state index in [2.05, 4.69) is 16.0 Å². The normalized spacial score (nSPS) is 14.8. The molecule has 6 rings (SSSR count). The number of imidazole rings is 1. The van der Waals surface area contributed by atoms with Crippen LogP contribution in [0.5, 0.6) is 17.2 Å². The lowest BCUT2D eigenvalue weighted by atomic mass is 9.85. The highest BCUT2D eigenvalue weighted by molar-refractivity contribution is 8.15. The predicted octanol–water partition coefficient (Wildman–Crippen LogP) is 8.80. The molecule has 0 radical (unpaired) electrons. The summed E-state index contributed by atoms with van der Waals surface area (Å²) in [7, 11) is 1.88. The number of nitrogens with zero attached hydrogens (tertiary/aromatic N) is 2. The number of nitrogens with one attached hydrogen (secondary N) is 3. The molecule has 4 amide bonds. The summed E-state index contributed by atoms with van der Waals surface area (Å²) in [5.74, 6) is 2.03. The second-order valence-corrected chi connectivity index (χ2v) is 14.1. The SMILES string of the molecule is Cn1c(COc2ccc(CC3SC(=O)NC3=O)cc2)nc2ccc(Oc3ccc(C(C)(C)C)c(NC(=O)Nc4ccc(C(F)(F)F)cc4)c3)cc21. The molecule has 1 aliphatic rings. The second-order valence-electron chi connectivity index (χ2n) is 13.0. The number of thioether (sulfide) groups is 1. The van der Waals surface area contributed by atoms with Crippen molar-refractivity contribution in [3.8, 4) is 17.2 Å². The number of carbonyl (C=O) groups is 3. The summed E-state index contributed by atoms with van der Waals surface area (Å²) in [5, 5.41) is 6.94. The van der Waals surface area contributed by atoms with Gasteiger partial charge in [0.1, 0.15) is 29.7 Å². The molecule has 10 nitrogen and oxygen atoms in total.